The Hall–Kier alpha value is -2.24. The third-order valence-electron chi connectivity index (χ3n) is 2.02. The number of carbonyl (C=O) groups is 2. The highest BCUT2D eigenvalue weighted by Crippen LogP contribution is 2.27. The summed E-state index contributed by atoms with van der Waals surface area (Å²) < 4.78 is 10.6. The lowest BCUT2D eigenvalue weighted by Crippen LogP contribution is -2.29. The smallest absolute Gasteiger partial charge is 0.412 e. The first-order chi connectivity index (χ1) is 8.99. The van der Waals surface area contributed by atoms with Crippen LogP contribution >= 0.6 is 0 Å². The van der Waals surface area contributed by atoms with Crippen molar-refractivity contribution in [1.82, 2.24) is 5.32 Å². The molecule has 0 unspecified atom stereocenters. The number of carboxylic acids is 1. The number of rotatable bonds is 6. The zero-order valence-corrected chi connectivity index (χ0v) is 10.9. The first kappa shape index (κ1) is 14.8. The second-order valence-electron chi connectivity index (χ2n) is 4.07. The van der Waals surface area contributed by atoms with Crippen LogP contribution in [0.3, 0.4) is 0 Å². The van der Waals surface area contributed by atoms with Crippen LogP contribution in [-0.2, 0) is 4.79 Å². The molecule has 0 heterocycles. The zero-order chi connectivity index (χ0) is 14.3. The van der Waals surface area contributed by atoms with Crippen LogP contribution in [0.1, 0.15) is 20.3 Å². The van der Waals surface area contributed by atoms with Crippen molar-refractivity contribution in [2.75, 3.05) is 6.54 Å². The molecule has 19 heavy (non-hydrogen) atoms. The van der Waals surface area contributed by atoms with Gasteiger partial charge in [0.2, 0.25) is 0 Å². The molecule has 6 heteroatoms. The topological polar surface area (TPSA) is 84.9 Å². The molecule has 0 atom stereocenters. The lowest BCUT2D eigenvalue weighted by Gasteiger charge is -2.13. The molecule has 0 radical (unpaired) electrons. The summed E-state index contributed by atoms with van der Waals surface area (Å²) in [6.45, 7) is 3.74. The van der Waals surface area contributed by atoms with Crippen LogP contribution in [0.5, 0.6) is 11.5 Å². The van der Waals surface area contributed by atoms with Gasteiger partial charge in [-0.15, -0.1) is 0 Å². The molecule has 0 saturated carbocycles. The fourth-order valence-electron chi connectivity index (χ4n) is 1.29. The van der Waals surface area contributed by atoms with Crippen molar-refractivity contribution in [3.05, 3.63) is 24.3 Å². The average molecular weight is 267 g/mol. The van der Waals surface area contributed by atoms with E-state index in [4.69, 9.17) is 14.6 Å². The minimum absolute atomic E-state index is 0.0152. The van der Waals surface area contributed by atoms with Crippen molar-refractivity contribution >= 4 is 12.1 Å². The standard InChI is InChI=1S/C13H17NO5/c1-9(2)18-10-5-3-4-6-11(10)19-13(17)14-8-7-12(15)16/h3-6,9H,7-8H2,1-2H3,(H,14,17)(H,15,16). The number of hydrogen-bond acceptors (Lipinski definition) is 4. The monoisotopic (exact) mass is 267 g/mol. The van der Waals surface area contributed by atoms with Crippen molar-refractivity contribution in [2.45, 2.75) is 26.4 Å². The molecular weight excluding hydrogens is 250 g/mol. The summed E-state index contributed by atoms with van der Waals surface area (Å²) in [6.07, 6.45) is -0.903. The Morgan fingerprint density at radius 1 is 1.26 bits per heavy atom. The number of carbonyl (C=O) groups excluding carboxylic acids is 1. The van der Waals surface area contributed by atoms with E-state index < -0.39 is 12.1 Å². The maximum atomic E-state index is 11.5. The van der Waals surface area contributed by atoms with Gasteiger partial charge in [-0.1, -0.05) is 12.1 Å². The molecule has 2 N–H and O–H groups in total. The van der Waals surface area contributed by atoms with Gasteiger partial charge in [0.05, 0.1) is 12.5 Å². The fourth-order valence-corrected chi connectivity index (χ4v) is 1.29. The molecule has 0 bridgehead atoms. The third kappa shape index (κ3) is 5.76. The van der Waals surface area contributed by atoms with E-state index in [1.807, 2.05) is 13.8 Å². The molecule has 1 aromatic carbocycles. The highest BCUT2D eigenvalue weighted by Gasteiger charge is 2.10. The third-order valence-corrected chi connectivity index (χ3v) is 2.02. The highest BCUT2D eigenvalue weighted by atomic mass is 16.6. The van der Waals surface area contributed by atoms with Gasteiger partial charge in [-0.05, 0) is 26.0 Å². The molecule has 0 aromatic heterocycles. The first-order valence-electron chi connectivity index (χ1n) is 5.92. The molecule has 6 nitrogen and oxygen atoms in total. The number of carboxylic acid groups (broad SMARTS) is 1. The van der Waals surface area contributed by atoms with E-state index in [2.05, 4.69) is 5.32 Å². The van der Waals surface area contributed by atoms with Crippen LogP contribution in [0.25, 0.3) is 0 Å². The molecular formula is C13H17NO5. The minimum Gasteiger partial charge on any atom is -0.487 e. The van der Waals surface area contributed by atoms with E-state index in [0.717, 1.165) is 0 Å². The molecule has 1 aromatic rings. The number of ether oxygens (including phenoxy) is 2. The summed E-state index contributed by atoms with van der Waals surface area (Å²) in [6, 6.07) is 6.79. The number of benzene rings is 1. The predicted octanol–water partition coefficient (Wildman–Crippen LogP) is 2.04. The van der Waals surface area contributed by atoms with Gasteiger partial charge in [0.1, 0.15) is 0 Å². The quantitative estimate of drug-likeness (QED) is 0.823. The van der Waals surface area contributed by atoms with Gasteiger partial charge in [0.25, 0.3) is 0 Å². The van der Waals surface area contributed by atoms with Crippen LogP contribution < -0.4 is 14.8 Å². The van der Waals surface area contributed by atoms with E-state index >= 15 is 0 Å². The Balaban J connectivity index is 2.56. The second-order valence-corrected chi connectivity index (χ2v) is 4.07. The van der Waals surface area contributed by atoms with Crippen molar-refractivity contribution in [3.8, 4) is 11.5 Å². The molecule has 1 amide bonds. The second kappa shape index (κ2) is 7.25. The summed E-state index contributed by atoms with van der Waals surface area (Å²) in [5.74, 6) is -0.223. The van der Waals surface area contributed by atoms with E-state index in [1.165, 1.54) is 0 Å². The van der Waals surface area contributed by atoms with E-state index in [9.17, 15) is 9.59 Å². The van der Waals surface area contributed by atoms with Crippen LogP contribution in [0.2, 0.25) is 0 Å². The summed E-state index contributed by atoms with van der Waals surface area (Å²) in [7, 11) is 0. The summed E-state index contributed by atoms with van der Waals surface area (Å²) >= 11 is 0. The normalized spacial score (nSPS) is 10.1. The minimum atomic E-state index is -0.983. The summed E-state index contributed by atoms with van der Waals surface area (Å²) in [4.78, 5) is 21.8. The number of amides is 1. The van der Waals surface area contributed by atoms with Gasteiger partial charge in [0, 0.05) is 6.54 Å². The Morgan fingerprint density at radius 2 is 1.89 bits per heavy atom. The maximum Gasteiger partial charge on any atom is 0.412 e. The molecule has 0 aliphatic carbocycles. The van der Waals surface area contributed by atoms with Crippen molar-refractivity contribution in [2.24, 2.45) is 0 Å². The largest absolute Gasteiger partial charge is 0.487 e. The van der Waals surface area contributed by atoms with E-state index in [0.29, 0.717) is 11.5 Å². The number of aliphatic carboxylic acids is 1. The Morgan fingerprint density at radius 3 is 2.47 bits per heavy atom. The van der Waals surface area contributed by atoms with Gasteiger partial charge < -0.3 is 19.9 Å². The van der Waals surface area contributed by atoms with Gasteiger partial charge in [-0.3, -0.25) is 4.79 Å². The summed E-state index contributed by atoms with van der Waals surface area (Å²) in [5, 5.41) is 10.8. The van der Waals surface area contributed by atoms with Gasteiger partial charge in [-0.25, -0.2) is 4.79 Å². The van der Waals surface area contributed by atoms with Crippen molar-refractivity contribution < 1.29 is 24.2 Å². The lowest BCUT2D eigenvalue weighted by molar-refractivity contribution is -0.136. The van der Waals surface area contributed by atoms with Gasteiger partial charge >= 0.3 is 12.1 Å². The van der Waals surface area contributed by atoms with Gasteiger partial charge in [-0.2, -0.15) is 0 Å². The van der Waals surface area contributed by atoms with Crippen LogP contribution in [0.4, 0.5) is 4.79 Å². The number of hydrogen-bond donors (Lipinski definition) is 2. The molecule has 0 aliphatic heterocycles. The summed E-state index contributed by atoms with van der Waals surface area (Å²) in [5.41, 5.74) is 0. The van der Waals surface area contributed by atoms with Crippen molar-refractivity contribution in [3.63, 3.8) is 0 Å². The average Bonchev–Trinajstić information content (AvgIpc) is 2.30. The number of para-hydroxylation sites is 2. The molecule has 104 valence electrons. The van der Waals surface area contributed by atoms with Crippen molar-refractivity contribution in [1.29, 1.82) is 0 Å². The molecule has 0 aliphatic rings. The first-order valence-corrected chi connectivity index (χ1v) is 5.92. The lowest BCUT2D eigenvalue weighted by atomic mass is 10.3. The predicted molar refractivity (Wildman–Crippen MR) is 68.5 cm³/mol. The molecule has 0 fully saturated rings. The SMILES string of the molecule is CC(C)Oc1ccccc1OC(=O)NCCC(=O)O. The van der Waals surface area contributed by atoms with E-state index in [-0.39, 0.29) is 19.1 Å². The van der Waals surface area contributed by atoms with Gasteiger partial charge in [0.15, 0.2) is 11.5 Å². The molecule has 0 spiro atoms. The van der Waals surface area contributed by atoms with E-state index in [1.54, 1.807) is 24.3 Å². The van der Waals surface area contributed by atoms with Crippen LogP contribution in [0.15, 0.2) is 24.3 Å². The Labute approximate surface area is 111 Å². The fraction of sp³-hybridized carbons (Fsp3) is 0.385. The zero-order valence-electron chi connectivity index (χ0n) is 10.9. The molecule has 1 rings (SSSR count). The maximum absolute atomic E-state index is 11.5. The molecule has 0 saturated heterocycles. The van der Waals surface area contributed by atoms with Crippen LogP contribution in [0, 0.1) is 0 Å². The Kier molecular flexibility index (Phi) is 5.66. The Bertz CT molecular complexity index is 444. The van der Waals surface area contributed by atoms with Crippen LogP contribution in [-0.4, -0.2) is 29.8 Å². The number of nitrogens with one attached hydrogen (secondary N) is 1. The highest BCUT2D eigenvalue weighted by molar-refractivity contribution is 5.72.